The topological polar surface area (TPSA) is 26.7 Å². The molecule has 0 unspecified atom stereocenters. The van der Waals surface area contributed by atoms with Crippen LogP contribution in [0.25, 0.3) is 0 Å². The lowest BCUT2D eigenvalue weighted by atomic mass is 9.94. The standard InChI is InChI=1S/C17H28N2O/c1-4-17(20)15-7-5-6-8-16(15)19-11-9-14(10-12-19)13-18(2)3/h5-8,14,17,20H,4,9-13H2,1-3H3/t17-/m1/s1. The van der Waals surface area contributed by atoms with E-state index in [0.717, 1.165) is 31.0 Å². The van der Waals surface area contributed by atoms with Gasteiger partial charge in [0.05, 0.1) is 6.10 Å². The lowest BCUT2D eigenvalue weighted by molar-refractivity contribution is 0.174. The number of aliphatic hydroxyl groups excluding tert-OH is 1. The van der Waals surface area contributed by atoms with Gasteiger partial charge in [-0.3, -0.25) is 0 Å². The summed E-state index contributed by atoms with van der Waals surface area (Å²) in [6, 6.07) is 8.32. The van der Waals surface area contributed by atoms with Gasteiger partial charge in [0.1, 0.15) is 0 Å². The molecule has 3 nitrogen and oxygen atoms in total. The second-order valence-electron chi connectivity index (χ2n) is 6.18. The first-order chi connectivity index (χ1) is 9.61. The molecule has 0 aliphatic carbocycles. The van der Waals surface area contributed by atoms with Crippen molar-refractivity contribution in [2.24, 2.45) is 5.92 Å². The molecule has 0 spiro atoms. The minimum atomic E-state index is -0.342. The van der Waals surface area contributed by atoms with Gasteiger partial charge in [0, 0.05) is 30.9 Å². The average Bonchev–Trinajstić information content (AvgIpc) is 2.46. The highest BCUT2D eigenvalue weighted by atomic mass is 16.3. The van der Waals surface area contributed by atoms with E-state index in [0.29, 0.717) is 0 Å². The highest BCUT2D eigenvalue weighted by Gasteiger charge is 2.22. The lowest BCUT2D eigenvalue weighted by Crippen LogP contribution is -2.37. The summed E-state index contributed by atoms with van der Waals surface area (Å²) in [4.78, 5) is 4.73. The quantitative estimate of drug-likeness (QED) is 0.896. The van der Waals surface area contributed by atoms with E-state index in [4.69, 9.17) is 0 Å². The molecule has 1 aromatic carbocycles. The van der Waals surface area contributed by atoms with E-state index in [1.54, 1.807) is 0 Å². The van der Waals surface area contributed by atoms with E-state index in [1.807, 2.05) is 13.0 Å². The van der Waals surface area contributed by atoms with Crippen molar-refractivity contribution < 1.29 is 5.11 Å². The third-order valence-electron chi connectivity index (χ3n) is 4.26. The van der Waals surface area contributed by atoms with E-state index >= 15 is 0 Å². The van der Waals surface area contributed by atoms with Crippen LogP contribution in [0.2, 0.25) is 0 Å². The normalized spacial score (nSPS) is 18.6. The number of piperidine rings is 1. The number of hydrogen-bond donors (Lipinski definition) is 1. The lowest BCUT2D eigenvalue weighted by Gasteiger charge is -2.36. The van der Waals surface area contributed by atoms with Gasteiger partial charge in [-0.1, -0.05) is 25.1 Å². The molecule has 1 heterocycles. The Morgan fingerprint density at radius 1 is 1.25 bits per heavy atom. The van der Waals surface area contributed by atoms with E-state index in [9.17, 15) is 5.11 Å². The highest BCUT2D eigenvalue weighted by molar-refractivity contribution is 5.54. The number of rotatable bonds is 5. The molecule has 1 aliphatic rings. The molecule has 0 radical (unpaired) electrons. The zero-order valence-electron chi connectivity index (χ0n) is 13.0. The van der Waals surface area contributed by atoms with Crippen LogP contribution in [0, 0.1) is 5.92 Å². The summed E-state index contributed by atoms with van der Waals surface area (Å²) in [6.45, 7) is 5.43. The molecule has 0 aromatic heterocycles. The molecular formula is C17H28N2O. The smallest absolute Gasteiger partial charge is 0.0807 e. The van der Waals surface area contributed by atoms with Crippen molar-refractivity contribution in [3.05, 3.63) is 29.8 Å². The van der Waals surface area contributed by atoms with E-state index in [2.05, 4.69) is 42.1 Å². The summed E-state index contributed by atoms with van der Waals surface area (Å²) in [5.74, 6) is 0.810. The number of para-hydroxylation sites is 1. The fourth-order valence-electron chi connectivity index (χ4n) is 3.15. The number of anilines is 1. The Hall–Kier alpha value is -1.06. The minimum Gasteiger partial charge on any atom is -0.388 e. The molecule has 1 aromatic rings. The van der Waals surface area contributed by atoms with Crippen molar-refractivity contribution in [3.8, 4) is 0 Å². The molecule has 112 valence electrons. The van der Waals surface area contributed by atoms with Crippen molar-refractivity contribution in [2.75, 3.05) is 38.6 Å². The zero-order valence-corrected chi connectivity index (χ0v) is 13.0. The van der Waals surface area contributed by atoms with Crippen molar-refractivity contribution in [3.63, 3.8) is 0 Å². The predicted octanol–water partition coefficient (Wildman–Crippen LogP) is 2.91. The fourth-order valence-corrected chi connectivity index (χ4v) is 3.15. The molecule has 1 aliphatic heterocycles. The van der Waals surface area contributed by atoms with Crippen LogP contribution in [0.5, 0.6) is 0 Å². The Morgan fingerprint density at radius 2 is 1.90 bits per heavy atom. The summed E-state index contributed by atoms with van der Waals surface area (Å²) >= 11 is 0. The summed E-state index contributed by atoms with van der Waals surface area (Å²) in [5, 5.41) is 10.2. The van der Waals surface area contributed by atoms with Crippen LogP contribution in [0.4, 0.5) is 5.69 Å². The maximum atomic E-state index is 10.2. The average molecular weight is 276 g/mol. The largest absolute Gasteiger partial charge is 0.388 e. The molecular weight excluding hydrogens is 248 g/mol. The van der Waals surface area contributed by atoms with Crippen molar-refractivity contribution in [2.45, 2.75) is 32.3 Å². The van der Waals surface area contributed by atoms with Crippen molar-refractivity contribution in [1.82, 2.24) is 4.90 Å². The number of nitrogens with zero attached hydrogens (tertiary/aromatic N) is 2. The molecule has 0 amide bonds. The van der Waals surface area contributed by atoms with E-state index in [-0.39, 0.29) is 6.10 Å². The van der Waals surface area contributed by atoms with Gasteiger partial charge in [-0.25, -0.2) is 0 Å². The Morgan fingerprint density at radius 3 is 2.50 bits per heavy atom. The van der Waals surface area contributed by atoms with Crippen LogP contribution in [0.15, 0.2) is 24.3 Å². The second kappa shape index (κ2) is 7.09. The first-order valence-corrected chi connectivity index (χ1v) is 7.78. The van der Waals surface area contributed by atoms with Gasteiger partial charge in [0.15, 0.2) is 0 Å². The van der Waals surface area contributed by atoms with Crippen LogP contribution in [0.1, 0.15) is 37.9 Å². The second-order valence-corrected chi connectivity index (χ2v) is 6.18. The zero-order chi connectivity index (χ0) is 14.5. The Kier molecular flexibility index (Phi) is 5.44. The van der Waals surface area contributed by atoms with Gasteiger partial charge < -0.3 is 14.9 Å². The maximum absolute atomic E-state index is 10.2. The van der Waals surface area contributed by atoms with Crippen LogP contribution < -0.4 is 4.90 Å². The Labute approximate surface area is 123 Å². The summed E-state index contributed by atoms with van der Waals surface area (Å²) in [7, 11) is 4.30. The third kappa shape index (κ3) is 3.74. The van der Waals surface area contributed by atoms with Crippen LogP contribution in [0.3, 0.4) is 0 Å². The Bertz CT molecular complexity index is 411. The number of benzene rings is 1. The molecule has 1 atom stereocenters. The third-order valence-corrected chi connectivity index (χ3v) is 4.26. The van der Waals surface area contributed by atoms with Gasteiger partial charge >= 0.3 is 0 Å². The maximum Gasteiger partial charge on any atom is 0.0807 e. The van der Waals surface area contributed by atoms with Crippen molar-refractivity contribution >= 4 is 5.69 Å². The molecule has 2 rings (SSSR count). The SMILES string of the molecule is CC[C@@H](O)c1ccccc1N1CCC(CN(C)C)CC1. The van der Waals surface area contributed by atoms with Gasteiger partial charge in [-0.05, 0) is 45.3 Å². The fraction of sp³-hybridized carbons (Fsp3) is 0.647. The van der Waals surface area contributed by atoms with Crippen LogP contribution in [-0.2, 0) is 0 Å². The van der Waals surface area contributed by atoms with Gasteiger partial charge in [0.25, 0.3) is 0 Å². The first kappa shape index (κ1) is 15.3. The molecule has 1 N–H and O–H groups in total. The summed E-state index contributed by atoms with van der Waals surface area (Å²) in [5.41, 5.74) is 2.31. The molecule has 1 saturated heterocycles. The highest BCUT2D eigenvalue weighted by Crippen LogP contribution is 2.31. The predicted molar refractivity (Wildman–Crippen MR) is 85.2 cm³/mol. The van der Waals surface area contributed by atoms with Crippen molar-refractivity contribution in [1.29, 1.82) is 0 Å². The summed E-state index contributed by atoms with van der Waals surface area (Å²) in [6.07, 6.45) is 2.92. The van der Waals surface area contributed by atoms with Gasteiger partial charge in [0.2, 0.25) is 0 Å². The minimum absolute atomic E-state index is 0.342. The molecule has 20 heavy (non-hydrogen) atoms. The summed E-state index contributed by atoms with van der Waals surface area (Å²) < 4.78 is 0. The molecule has 1 fully saturated rings. The number of aliphatic hydroxyl groups is 1. The van der Waals surface area contributed by atoms with E-state index in [1.165, 1.54) is 25.1 Å². The van der Waals surface area contributed by atoms with Gasteiger partial charge in [-0.2, -0.15) is 0 Å². The van der Waals surface area contributed by atoms with Gasteiger partial charge in [-0.15, -0.1) is 0 Å². The van der Waals surface area contributed by atoms with Crippen LogP contribution in [-0.4, -0.2) is 43.7 Å². The monoisotopic (exact) mass is 276 g/mol. The molecule has 3 heteroatoms. The number of hydrogen-bond acceptors (Lipinski definition) is 3. The Balaban J connectivity index is 2.03. The van der Waals surface area contributed by atoms with Crippen LogP contribution >= 0.6 is 0 Å². The first-order valence-electron chi connectivity index (χ1n) is 7.78. The molecule has 0 bridgehead atoms. The van der Waals surface area contributed by atoms with E-state index < -0.39 is 0 Å². The molecule has 0 saturated carbocycles.